The zero-order chi connectivity index (χ0) is 22.0. The Bertz CT molecular complexity index is 1230. The third-order valence-electron chi connectivity index (χ3n) is 5.25. The fourth-order valence-corrected chi connectivity index (χ4v) is 4.20. The SMILES string of the molecule is CNC(=O)c1ccc(-c2ccc3c4cnccc4n(COCC[Si](C)(C)C)c3n2)cn1. The standard InChI is InChI=1S/C23H27N5O2Si/c1-24-23(29)20-7-5-16(13-26-20)19-8-6-17-18-14-25-10-9-21(18)28(22(17)27-19)15-30-11-12-31(2,3)4/h5-10,13-14H,11-12,15H2,1-4H3,(H,24,29). The van der Waals surface area contributed by atoms with E-state index in [4.69, 9.17) is 9.72 Å². The summed E-state index contributed by atoms with van der Waals surface area (Å²) in [7, 11) is 0.439. The van der Waals surface area contributed by atoms with Gasteiger partial charge in [0.25, 0.3) is 5.91 Å². The van der Waals surface area contributed by atoms with Crippen molar-refractivity contribution >= 4 is 35.9 Å². The number of nitrogens with zero attached hydrogens (tertiary/aromatic N) is 4. The molecule has 0 aliphatic carbocycles. The van der Waals surface area contributed by atoms with E-state index in [0.29, 0.717) is 12.4 Å². The number of rotatable bonds is 7. The fraction of sp³-hybridized carbons (Fsp3) is 0.304. The Morgan fingerprint density at radius 1 is 1.10 bits per heavy atom. The van der Waals surface area contributed by atoms with Crippen LogP contribution in [0.1, 0.15) is 10.5 Å². The molecule has 0 atom stereocenters. The molecule has 0 unspecified atom stereocenters. The Hall–Kier alpha value is -3.10. The minimum atomic E-state index is -1.15. The predicted octanol–water partition coefficient (Wildman–Crippen LogP) is 4.32. The highest BCUT2D eigenvalue weighted by molar-refractivity contribution is 6.76. The number of carbonyl (C=O) groups is 1. The van der Waals surface area contributed by atoms with E-state index in [-0.39, 0.29) is 5.91 Å². The van der Waals surface area contributed by atoms with Crippen LogP contribution in [0.15, 0.2) is 48.9 Å². The zero-order valence-corrected chi connectivity index (χ0v) is 19.3. The highest BCUT2D eigenvalue weighted by atomic mass is 28.3. The van der Waals surface area contributed by atoms with Crippen LogP contribution in [0.3, 0.4) is 0 Å². The van der Waals surface area contributed by atoms with Gasteiger partial charge < -0.3 is 14.6 Å². The summed E-state index contributed by atoms with van der Waals surface area (Å²) in [6, 6.07) is 10.7. The van der Waals surface area contributed by atoms with E-state index in [9.17, 15) is 4.79 Å². The molecule has 0 aliphatic rings. The molecule has 1 amide bonds. The Morgan fingerprint density at radius 3 is 2.65 bits per heavy atom. The molecule has 4 rings (SSSR count). The van der Waals surface area contributed by atoms with Gasteiger partial charge in [0.2, 0.25) is 0 Å². The molecule has 4 aromatic rings. The Labute approximate surface area is 182 Å². The summed E-state index contributed by atoms with van der Waals surface area (Å²) < 4.78 is 8.15. The molecule has 1 N–H and O–H groups in total. The molecule has 7 nitrogen and oxygen atoms in total. The molecule has 4 aromatic heterocycles. The summed E-state index contributed by atoms with van der Waals surface area (Å²) in [4.78, 5) is 25.2. The van der Waals surface area contributed by atoms with E-state index < -0.39 is 8.07 Å². The van der Waals surface area contributed by atoms with Crippen LogP contribution in [0.5, 0.6) is 0 Å². The molecular formula is C23H27N5O2Si. The molecule has 0 radical (unpaired) electrons. The monoisotopic (exact) mass is 433 g/mol. The predicted molar refractivity (Wildman–Crippen MR) is 126 cm³/mol. The Kier molecular flexibility index (Phi) is 5.84. The van der Waals surface area contributed by atoms with Crippen molar-refractivity contribution in [2.24, 2.45) is 0 Å². The van der Waals surface area contributed by atoms with Crippen LogP contribution < -0.4 is 5.32 Å². The van der Waals surface area contributed by atoms with Gasteiger partial charge in [0.05, 0.1) is 11.2 Å². The van der Waals surface area contributed by atoms with E-state index >= 15 is 0 Å². The molecule has 160 valence electrons. The van der Waals surface area contributed by atoms with E-state index in [1.165, 1.54) is 0 Å². The van der Waals surface area contributed by atoms with Crippen LogP contribution in [-0.2, 0) is 11.5 Å². The number of nitrogens with one attached hydrogen (secondary N) is 1. The van der Waals surface area contributed by atoms with Crippen molar-refractivity contribution in [3.05, 3.63) is 54.6 Å². The molecule has 0 aromatic carbocycles. The number of aromatic nitrogens is 4. The minimum Gasteiger partial charge on any atom is -0.361 e. The lowest BCUT2D eigenvalue weighted by Gasteiger charge is -2.16. The number of pyridine rings is 3. The molecule has 0 saturated carbocycles. The van der Waals surface area contributed by atoms with Gasteiger partial charge in [-0.05, 0) is 36.4 Å². The molecule has 0 aliphatic heterocycles. The van der Waals surface area contributed by atoms with Crippen molar-refractivity contribution in [1.29, 1.82) is 0 Å². The Morgan fingerprint density at radius 2 is 1.94 bits per heavy atom. The fourth-order valence-electron chi connectivity index (χ4n) is 3.44. The van der Waals surface area contributed by atoms with Gasteiger partial charge in [0.15, 0.2) is 0 Å². The van der Waals surface area contributed by atoms with E-state index in [2.05, 4.69) is 45.6 Å². The maximum atomic E-state index is 11.8. The number of fused-ring (bicyclic) bond motifs is 3. The summed E-state index contributed by atoms with van der Waals surface area (Å²) in [5, 5.41) is 4.67. The average Bonchev–Trinajstić information content (AvgIpc) is 3.08. The quantitative estimate of drug-likeness (QED) is 0.347. The van der Waals surface area contributed by atoms with Gasteiger partial charge in [-0.25, -0.2) is 4.98 Å². The number of carbonyl (C=O) groups excluding carboxylic acids is 1. The summed E-state index contributed by atoms with van der Waals surface area (Å²) in [6.45, 7) is 8.23. The topological polar surface area (TPSA) is 81.9 Å². The van der Waals surface area contributed by atoms with Gasteiger partial charge in [-0.1, -0.05) is 19.6 Å². The van der Waals surface area contributed by atoms with Gasteiger partial charge >= 0.3 is 0 Å². The van der Waals surface area contributed by atoms with Crippen molar-refractivity contribution in [3.8, 4) is 11.3 Å². The van der Waals surface area contributed by atoms with Crippen LogP contribution in [0.25, 0.3) is 33.2 Å². The van der Waals surface area contributed by atoms with Crippen molar-refractivity contribution in [3.63, 3.8) is 0 Å². The second-order valence-electron chi connectivity index (χ2n) is 8.75. The Balaban J connectivity index is 1.70. The molecule has 4 heterocycles. The van der Waals surface area contributed by atoms with Gasteiger partial charge in [0.1, 0.15) is 18.1 Å². The molecule has 0 spiro atoms. The second kappa shape index (κ2) is 8.56. The minimum absolute atomic E-state index is 0.210. The van der Waals surface area contributed by atoms with Gasteiger partial charge in [-0.3, -0.25) is 14.8 Å². The summed E-state index contributed by atoms with van der Waals surface area (Å²) in [5.74, 6) is -0.210. The molecular weight excluding hydrogens is 406 g/mol. The van der Waals surface area contributed by atoms with Crippen LogP contribution in [0.2, 0.25) is 25.7 Å². The van der Waals surface area contributed by atoms with Crippen molar-refractivity contribution in [2.75, 3.05) is 13.7 Å². The summed E-state index contributed by atoms with van der Waals surface area (Å²) in [5.41, 5.74) is 3.93. The van der Waals surface area contributed by atoms with Crippen molar-refractivity contribution < 1.29 is 9.53 Å². The van der Waals surface area contributed by atoms with Crippen LogP contribution in [0, 0.1) is 0 Å². The smallest absolute Gasteiger partial charge is 0.269 e. The molecule has 0 saturated heterocycles. The van der Waals surface area contributed by atoms with Crippen molar-refractivity contribution in [2.45, 2.75) is 32.4 Å². The number of hydrogen-bond acceptors (Lipinski definition) is 5. The third kappa shape index (κ3) is 4.50. The third-order valence-corrected chi connectivity index (χ3v) is 6.95. The first-order valence-electron chi connectivity index (χ1n) is 10.4. The molecule has 31 heavy (non-hydrogen) atoms. The largest absolute Gasteiger partial charge is 0.361 e. The van der Waals surface area contributed by atoms with E-state index in [1.807, 2.05) is 24.4 Å². The number of hydrogen-bond donors (Lipinski definition) is 1. The lowest BCUT2D eigenvalue weighted by atomic mass is 10.1. The maximum absolute atomic E-state index is 11.8. The highest BCUT2D eigenvalue weighted by Gasteiger charge is 2.15. The lowest BCUT2D eigenvalue weighted by Crippen LogP contribution is -2.22. The summed E-state index contributed by atoms with van der Waals surface area (Å²) >= 11 is 0. The first-order chi connectivity index (χ1) is 14.9. The van der Waals surface area contributed by atoms with Crippen LogP contribution in [-0.4, -0.2) is 47.2 Å². The van der Waals surface area contributed by atoms with Gasteiger partial charge in [0, 0.05) is 56.7 Å². The zero-order valence-electron chi connectivity index (χ0n) is 18.3. The molecule has 0 bridgehead atoms. The second-order valence-corrected chi connectivity index (χ2v) is 14.4. The summed E-state index contributed by atoms with van der Waals surface area (Å²) in [6.07, 6.45) is 5.34. The molecule has 0 fully saturated rings. The van der Waals surface area contributed by atoms with Crippen molar-refractivity contribution in [1.82, 2.24) is 24.8 Å². The lowest BCUT2D eigenvalue weighted by molar-refractivity contribution is 0.0925. The molecule has 8 heteroatoms. The van der Waals surface area contributed by atoms with Gasteiger partial charge in [-0.15, -0.1) is 0 Å². The van der Waals surface area contributed by atoms with Crippen LogP contribution >= 0.6 is 0 Å². The average molecular weight is 434 g/mol. The highest BCUT2D eigenvalue weighted by Crippen LogP contribution is 2.29. The number of amides is 1. The number of ether oxygens (including phenoxy) is 1. The first kappa shape index (κ1) is 21.1. The maximum Gasteiger partial charge on any atom is 0.269 e. The first-order valence-corrected chi connectivity index (χ1v) is 14.1. The van der Waals surface area contributed by atoms with Gasteiger partial charge in [-0.2, -0.15) is 0 Å². The van der Waals surface area contributed by atoms with E-state index in [1.54, 1.807) is 25.5 Å². The normalized spacial score (nSPS) is 11.9. The van der Waals surface area contributed by atoms with E-state index in [0.717, 1.165) is 45.8 Å². The van der Waals surface area contributed by atoms with Crippen LogP contribution in [0.4, 0.5) is 0 Å².